The van der Waals surface area contributed by atoms with E-state index in [4.69, 9.17) is 11.6 Å². The van der Waals surface area contributed by atoms with Crippen LogP contribution in [0, 0.1) is 0 Å². The fraction of sp³-hybridized carbons (Fsp3) is 0.275. The summed E-state index contributed by atoms with van der Waals surface area (Å²) in [5.74, 6) is -1.63. The third kappa shape index (κ3) is 5.55. The molecule has 0 saturated heterocycles. The molecule has 1 atom stereocenters. The summed E-state index contributed by atoms with van der Waals surface area (Å²) in [4.78, 5) is 25.6. The van der Waals surface area contributed by atoms with Crippen LogP contribution in [0.15, 0.2) is 113 Å². The first-order chi connectivity index (χ1) is 22.2. The summed E-state index contributed by atoms with van der Waals surface area (Å²) < 4.78 is 2.13. The van der Waals surface area contributed by atoms with Gasteiger partial charge in [-0.1, -0.05) is 67.9 Å². The highest BCUT2D eigenvalue weighted by atomic mass is 35.5. The molecule has 0 spiro atoms. The van der Waals surface area contributed by atoms with Crippen LogP contribution in [0.25, 0.3) is 0 Å². The highest BCUT2D eigenvalue weighted by molar-refractivity contribution is 6.32. The second-order valence-electron chi connectivity index (χ2n) is 13.8. The number of carbonyl (C=O) groups is 2. The molecule has 0 aromatic heterocycles. The third-order valence-corrected chi connectivity index (χ3v) is 10.7. The molecule has 6 nitrogen and oxygen atoms in total. The van der Waals surface area contributed by atoms with Gasteiger partial charge in [-0.2, -0.15) is 4.58 Å². The van der Waals surface area contributed by atoms with E-state index in [0.29, 0.717) is 0 Å². The quantitative estimate of drug-likeness (QED) is 0.261. The lowest BCUT2D eigenvalue weighted by Gasteiger charge is -2.27. The zero-order chi connectivity index (χ0) is 33.8. The summed E-state index contributed by atoms with van der Waals surface area (Å²) in [7, 11) is 4.04. The number of allylic oxidation sites excluding steroid dienone is 8. The largest absolute Gasteiger partial charge is 0.478 e. The monoisotopic (exact) mass is 647 g/mol. The number of hydrogen-bond acceptors (Lipinski definition) is 3. The Labute approximate surface area is 281 Å². The Morgan fingerprint density at radius 2 is 1.49 bits per heavy atom. The van der Waals surface area contributed by atoms with Gasteiger partial charge in [-0.15, -0.1) is 0 Å². The Morgan fingerprint density at radius 1 is 0.851 bits per heavy atom. The van der Waals surface area contributed by atoms with Gasteiger partial charge >= 0.3 is 11.9 Å². The molecule has 7 heteroatoms. The van der Waals surface area contributed by atoms with Crippen molar-refractivity contribution in [3.63, 3.8) is 0 Å². The van der Waals surface area contributed by atoms with E-state index >= 15 is 0 Å². The van der Waals surface area contributed by atoms with Crippen LogP contribution >= 0.6 is 11.6 Å². The maximum Gasteiger partial charge on any atom is 0.335 e. The molecule has 240 valence electrons. The smallest absolute Gasteiger partial charge is 0.335 e. The molecule has 1 aliphatic carbocycles. The van der Waals surface area contributed by atoms with Crippen molar-refractivity contribution in [1.29, 1.82) is 0 Å². The van der Waals surface area contributed by atoms with Gasteiger partial charge in [0.25, 0.3) is 0 Å². The summed E-state index contributed by atoms with van der Waals surface area (Å²) in [6.45, 7) is 8.50. The van der Waals surface area contributed by atoms with Crippen molar-refractivity contribution in [1.82, 2.24) is 0 Å². The highest BCUT2D eigenvalue weighted by Gasteiger charge is 2.43. The number of carboxylic acids is 2. The summed E-state index contributed by atoms with van der Waals surface area (Å²) in [5, 5.41) is 20.0. The molecule has 2 heterocycles. The van der Waals surface area contributed by atoms with Crippen LogP contribution in [0.4, 0.5) is 11.4 Å². The van der Waals surface area contributed by atoms with Crippen molar-refractivity contribution in [2.75, 3.05) is 19.0 Å². The van der Waals surface area contributed by atoms with Crippen LogP contribution in [-0.4, -0.2) is 46.5 Å². The normalized spacial score (nSPS) is 21.6. The van der Waals surface area contributed by atoms with Gasteiger partial charge in [0.15, 0.2) is 5.71 Å². The number of carboxylic acid groups (broad SMARTS) is 2. The van der Waals surface area contributed by atoms with E-state index in [1.165, 1.54) is 5.56 Å². The molecular weight excluding hydrogens is 608 g/mol. The predicted molar refractivity (Wildman–Crippen MR) is 189 cm³/mol. The molecule has 0 radical (unpaired) electrons. The summed E-state index contributed by atoms with van der Waals surface area (Å²) in [6.07, 6.45) is 10.1. The predicted octanol–water partition coefficient (Wildman–Crippen LogP) is 8.95. The minimum Gasteiger partial charge on any atom is -0.478 e. The van der Waals surface area contributed by atoms with Crippen molar-refractivity contribution >= 4 is 40.6 Å². The molecule has 2 aliphatic heterocycles. The van der Waals surface area contributed by atoms with E-state index in [-0.39, 0.29) is 17.0 Å². The van der Waals surface area contributed by atoms with Crippen LogP contribution in [0.2, 0.25) is 0 Å². The topological polar surface area (TPSA) is 80.8 Å². The first kappa shape index (κ1) is 32.3. The molecule has 0 amide bonds. The number of hydrogen-bond donors (Lipinski definition) is 2. The Balaban J connectivity index is 1.39. The van der Waals surface area contributed by atoms with Gasteiger partial charge < -0.3 is 15.1 Å². The summed E-state index contributed by atoms with van der Waals surface area (Å²) >= 11 is 7.24. The lowest BCUT2D eigenvalue weighted by molar-refractivity contribution is -0.401. The average Bonchev–Trinajstić information content (AvgIpc) is 3.36. The van der Waals surface area contributed by atoms with E-state index < -0.39 is 22.8 Å². The van der Waals surface area contributed by atoms with Gasteiger partial charge in [-0.3, -0.25) is 0 Å². The Morgan fingerprint density at radius 3 is 2.15 bits per heavy atom. The van der Waals surface area contributed by atoms with Crippen LogP contribution < -0.4 is 4.90 Å². The molecule has 3 aliphatic rings. The van der Waals surface area contributed by atoms with Gasteiger partial charge in [0.2, 0.25) is 5.69 Å². The molecule has 3 aromatic rings. The van der Waals surface area contributed by atoms with E-state index in [2.05, 4.69) is 85.7 Å². The Kier molecular flexibility index (Phi) is 8.13. The summed E-state index contributed by atoms with van der Waals surface area (Å²) in [5.41, 5.74) is 9.20. The number of fused-ring (bicyclic) bond motifs is 2. The SMILES string of the molecule is CN1/C(=C/C=C2CC(c3ccccc3)CC(/C=C/C3=[N+](C)c4ccc(C(=O)O)cc4C3(C)C)=C2Cl)C(C)(C)c2cc(C(=O)O)ccc21. The van der Waals surface area contributed by atoms with E-state index in [9.17, 15) is 19.8 Å². The van der Waals surface area contributed by atoms with Crippen molar-refractivity contribution in [2.24, 2.45) is 0 Å². The van der Waals surface area contributed by atoms with Gasteiger partial charge in [-0.25, -0.2) is 9.59 Å². The maximum atomic E-state index is 11.7. The van der Waals surface area contributed by atoms with Gasteiger partial charge in [0.1, 0.15) is 7.05 Å². The second kappa shape index (κ2) is 11.8. The number of nitrogens with zero attached hydrogens (tertiary/aromatic N) is 2. The number of halogens is 1. The fourth-order valence-electron chi connectivity index (χ4n) is 7.53. The Hall–Kier alpha value is -4.68. The standard InChI is InChI=1S/C40H39ClN2O4/c1-39(2)30-22-27(37(44)45)12-16-32(30)42(5)34(39)18-14-25-20-29(24-10-8-7-9-11-24)21-26(36(25)41)15-19-35-40(3,4)31-23-28(38(46)47)13-17-33(31)43(35)6/h7-19,22-23,29H,20-21H2,1-6H3,(H-,44,45,46,47)/p+1. The number of aromatic carboxylic acids is 2. The average molecular weight is 648 g/mol. The van der Waals surface area contributed by atoms with Gasteiger partial charge in [-0.05, 0) is 91.3 Å². The first-order valence-electron chi connectivity index (χ1n) is 15.9. The highest BCUT2D eigenvalue weighted by Crippen LogP contribution is 2.48. The van der Waals surface area contributed by atoms with Crippen LogP contribution in [0.1, 0.15) is 83.9 Å². The minimum atomic E-state index is -0.934. The van der Waals surface area contributed by atoms with Crippen molar-refractivity contribution in [3.8, 4) is 0 Å². The Bertz CT molecular complexity index is 1980. The molecule has 6 rings (SSSR count). The fourth-order valence-corrected chi connectivity index (χ4v) is 7.81. The zero-order valence-electron chi connectivity index (χ0n) is 27.6. The summed E-state index contributed by atoms with van der Waals surface area (Å²) in [6, 6.07) is 21.2. The van der Waals surface area contributed by atoms with E-state index in [0.717, 1.165) is 62.9 Å². The molecule has 3 aromatic carbocycles. The molecular formula is C40H40ClN2O4+. The maximum absolute atomic E-state index is 11.7. The molecule has 2 N–H and O–H groups in total. The third-order valence-electron chi connectivity index (χ3n) is 10.2. The first-order valence-corrected chi connectivity index (χ1v) is 16.2. The molecule has 47 heavy (non-hydrogen) atoms. The zero-order valence-corrected chi connectivity index (χ0v) is 28.4. The van der Waals surface area contributed by atoms with Crippen molar-refractivity contribution in [3.05, 3.63) is 141 Å². The van der Waals surface area contributed by atoms with Crippen LogP contribution in [0.5, 0.6) is 0 Å². The lowest BCUT2D eigenvalue weighted by atomic mass is 9.79. The molecule has 0 fully saturated rings. The van der Waals surface area contributed by atoms with Crippen LogP contribution in [0.3, 0.4) is 0 Å². The van der Waals surface area contributed by atoms with E-state index in [1.807, 2.05) is 32.3 Å². The van der Waals surface area contributed by atoms with Crippen molar-refractivity contribution in [2.45, 2.75) is 57.3 Å². The number of rotatable bonds is 6. The molecule has 0 saturated carbocycles. The van der Waals surface area contributed by atoms with Gasteiger partial charge in [0.05, 0.1) is 16.5 Å². The number of benzene rings is 3. The number of likely N-dealkylation sites (N-methyl/N-ethyl adjacent to an activating group) is 1. The second-order valence-corrected chi connectivity index (χ2v) is 14.1. The van der Waals surface area contributed by atoms with Gasteiger partial charge in [0, 0.05) is 46.6 Å². The van der Waals surface area contributed by atoms with Crippen LogP contribution in [-0.2, 0) is 10.8 Å². The lowest BCUT2D eigenvalue weighted by Crippen LogP contribution is -2.27. The van der Waals surface area contributed by atoms with Crippen molar-refractivity contribution < 1.29 is 24.4 Å². The molecule has 1 unspecified atom stereocenters. The molecule has 0 bridgehead atoms. The number of anilines is 1. The minimum absolute atomic E-state index is 0.238. The van der Waals surface area contributed by atoms with E-state index in [1.54, 1.807) is 24.3 Å².